The van der Waals surface area contributed by atoms with E-state index in [1.54, 1.807) is 0 Å². The molecule has 2 aliphatic rings. The van der Waals surface area contributed by atoms with Crippen LogP contribution in [0.3, 0.4) is 0 Å². The van der Waals surface area contributed by atoms with E-state index in [0.717, 1.165) is 6.54 Å². The molecule has 1 heterocycles. The maximum absolute atomic E-state index is 11.5. The minimum atomic E-state index is 0.0594. The summed E-state index contributed by atoms with van der Waals surface area (Å²) >= 11 is 0. The average Bonchev–Trinajstić information content (AvgIpc) is 2.39. The Kier molecular flexibility index (Phi) is 4.18. The maximum atomic E-state index is 11.5. The van der Waals surface area contributed by atoms with Gasteiger partial charge < -0.3 is 15.4 Å². The van der Waals surface area contributed by atoms with Crippen LogP contribution in [0.4, 0.5) is 0 Å². The lowest BCUT2D eigenvalue weighted by molar-refractivity contribution is -0.140. The van der Waals surface area contributed by atoms with Crippen molar-refractivity contribution in [2.45, 2.75) is 38.2 Å². The van der Waals surface area contributed by atoms with Crippen molar-refractivity contribution in [3.63, 3.8) is 0 Å². The second kappa shape index (κ2) is 5.64. The molecular formula is C12H22N2O2. The lowest BCUT2D eigenvalue weighted by Crippen LogP contribution is -2.50. The number of hydrogen-bond acceptors (Lipinski definition) is 3. The molecule has 4 heteroatoms. The predicted molar refractivity (Wildman–Crippen MR) is 61.9 cm³/mol. The van der Waals surface area contributed by atoms with Gasteiger partial charge in [0.2, 0.25) is 5.91 Å². The highest BCUT2D eigenvalue weighted by Gasteiger charge is 2.30. The molecule has 2 fully saturated rings. The Labute approximate surface area is 97.1 Å². The van der Waals surface area contributed by atoms with Crippen molar-refractivity contribution >= 4 is 5.91 Å². The van der Waals surface area contributed by atoms with Gasteiger partial charge in [-0.2, -0.15) is 0 Å². The summed E-state index contributed by atoms with van der Waals surface area (Å²) in [4.78, 5) is 13.4. The summed E-state index contributed by atoms with van der Waals surface area (Å²) in [6, 6.07) is 0. The van der Waals surface area contributed by atoms with Crippen molar-refractivity contribution in [2.24, 2.45) is 11.7 Å². The first-order valence-corrected chi connectivity index (χ1v) is 6.40. The van der Waals surface area contributed by atoms with Crippen LogP contribution in [-0.4, -0.2) is 43.2 Å². The van der Waals surface area contributed by atoms with Crippen LogP contribution in [0, 0.1) is 5.92 Å². The highest BCUT2D eigenvalue weighted by atomic mass is 16.5. The van der Waals surface area contributed by atoms with Gasteiger partial charge in [0, 0.05) is 13.1 Å². The molecule has 4 nitrogen and oxygen atoms in total. The fraction of sp³-hybridized carbons (Fsp3) is 0.917. The molecule has 0 radical (unpaired) electrons. The van der Waals surface area contributed by atoms with Crippen molar-refractivity contribution in [3.05, 3.63) is 0 Å². The third-order valence-corrected chi connectivity index (χ3v) is 3.80. The Bertz CT molecular complexity index is 239. The molecule has 92 valence electrons. The van der Waals surface area contributed by atoms with Crippen LogP contribution >= 0.6 is 0 Å². The molecule has 0 aromatic rings. The molecule has 16 heavy (non-hydrogen) atoms. The number of carbonyl (C=O) groups excluding carboxylic acids is 1. The fourth-order valence-corrected chi connectivity index (χ4v) is 2.82. The van der Waals surface area contributed by atoms with Gasteiger partial charge in [-0.1, -0.05) is 19.3 Å². The lowest BCUT2D eigenvalue weighted by atomic mass is 9.84. The summed E-state index contributed by atoms with van der Waals surface area (Å²) in [6.45, 7) is 2.25. The number of morpholine rings is 1. The molecule has 0 bridgehead atoms. The van der Waals surface area contributed by atoms with Crippen LogP contribution < -0.4 is 5.73 Å². The van der Waals surface area contributed by atoms with E-state index in [4.69, 9.17) is 10.5 Å². The quantitative estimate of drug-likeness (QED) is 0.756. The SMILES string of the molecule is NCC(=O)N1CCOC(C2CCCCC2)C1. The summed E-state index contributed by atoms with van der Waals surface area (Å²) in [5, 5.41) is 0. The molecule has 0 spiro atoms. The zero-order valence-corrected chi connectivity index (χ0v) is 9.86. The van der Waals surface area contributed by atoms with E-state index in [9.17, 15) is 4.79 Å². The maximum Gasteiger partial charge on any atom is 0.236 e. The van der Waals surface area contributed by atoms with Crippen molar-refractivity contribution in [1.29, 1.82) is 0 Å². The molecule has 1 atom stereocenters. The van der Waals surface area contributed by atoms with Crippen LogP contribution in [0.1, 0.15) is 32.1 Å². The van der Waals surface area contributed by atoms with E-state index < -0.39 is 0 Å². The molecule has 1 aliphatic heterocycles. The zero-order valence-electron chi connectivity index (χ0n) is 9.86. The smallest absolute Gasteiger partial charge is 0.236 e. The van der Waals surface area contributed by atoms with E-state index in [1.165, 1.54) is 32.1 Å². The number of amides is 1. The lowest BCUT2D eigenvalue weighted by Gasteiger charge is -2.38. The van der Waals surface area contributed by atoms with E-state index in [0.29, 0.717) is 19.1 Å². The van der Waals surface area contributed by atoms with Crippen LogP contribution in [0.15, 0.2) is 0 Å². The Hall–Kier alpha value is -0.610. The van der Waals surface area contributed by atoms with E-state index in [2.05, 4.69) is 0 Å². The van der Waals surface area contributed by atoms with E-state index in [1.807, 2.05) is 4.90 Å². The van der Waals surface area contributed by atoms with Gasteiger partial charge >= 0.3 is 0 Å². The number of carbonyl (C=O) groups is 1. The third kappa shape index (κ3) is 2.74. The zero-order chi connectivity index (χ0) is 11.4. The molecule has 2 N–H and O–H groups in total. The molecule has 2 rings (SSSR count). The highest BCUT2D eigenvalue weighted by Crippen LogP contribution is 2.29. The Morgan fingerprint density at radius 1 is 1.31 bits per heavy atom. The summed E-state index contributed by atoms with van der Waals surface area (Å²) in [7, 11) is 0. The van der Waals surface area contributed by atoms with Crippen LogP contribution in [0.5, 0.6) is 0 Å². The summed E-state index contributed by atoms with van der Waals surface area (Å²) in [5.41, 5.74) is 5.39. The predicted octanol–water partition coefficient (Wildman–Crippen LogP) is 0.753. The molecule has 0 aromatic heterocycles. The number of rotatable bonds is 2. The second-order valence-corrected chi connectivity index (χ2v) is 4.85. The van der Waals surface area contributed by atoms with Gasteiger partial charge in [0.05, 0.1) is 19.3 Å². The van der Waals surface area contributed by atoms with Crippen molar-refractivity contribution in [1.82, 2.24) is 4.90 Å². The molecule has 1 unspecified atom stereocenters. The minimum Gasteiger partial charge on any atom is -0.374 e. The van der Waals surface area contributed by atoms with Crippen molar-refractivity contribution in [3.8, 4) is 0 Å². The minimum absolute atomic E-state index is 0.0594. The molecule has 1 saturated heterocycles. The number of hydrogen-bond donors (Lipinski definition) is 1. The summed E-state index contributed by atoms with van der Waals surface area (Å²) < 4.78 is 5.81. The molecule has 0 aromatic carbocycles. The van der Waals surface area contributed by atoms with Crippen molar-refractivity contribution < 1.29 is 9.53 Å². The fourth-order valence-electron chi connectivity index (χ4n) is 2.82. The van der Waals surface area contributed by atoms with Crippen LogP contribution in [0.25, 0.3) is 0 Å². The standard InChI is InChI=1S/C12H22N2O2/c13-8-12(15)14-6-7-16-11(9-14)10-4-2-1-3-5-10/h10-11H,1-9,13H2. The third-order valence-electron chi connectivity index (χ3n) is 3.80. The largest absolute Gasteiger partial charge is 0.374 e. The Balaban J connectivity index is 1.87. The first kappa shape index (κ1) is 11.9. The average molecular weight is 226 g/mol. The van der Waals surface area contributed by atoms with Crippen LogP contribution in [-0.2, 0) is 9.53 Å². The van der Waals surface area contributed by atoms with Crippen molar-refractivity contribution in [2.75, 3.05) is 26.2 Å². The molecular weight excluding hydrogens is 204 g/mol. The number of ether oxygens (including phenoxy) is 1. The molecule has 1 amide bonds. The summed E-state index contributed by atoms with van der Waals surface area (Å²) in [6.07, 6.45) is 6.76. The van der Waals surface area contributed by atoms with E-state index >= 15 is 0 Å². The monoisotopic (exact) mass is 226 g/mol. The van der Waals surface area contributed by atoms with Gasteiger partial charge in [-0.3, -0.25) is 4.79 Å². The second-order valence-electron chi connectivity index (χ2n) is 4.85. The first-order chi connectivity index (χ1) is 7.81. The Morgan fingerprint density at radius 2 is 2.06 bits per heavy atom. The van der Waals surface area contributed by atoms with Gasteiger partial charge in [-0.05, 0) is 18.8 Å². The normalized spacial score (nSPS) is 28.1. The molecule has 1 aliphatic carbocycles. The molecule has 1 saturated carbocycles. The number of nitrogens with two attached hydrogens (primary N) is 1. The number of nitrogens with zero attached hydrogens (tertiary/aromatic N) is 1. The van der Waals surface area contributed by atoms with Gasteiger partial charge in [0.25, 0.3) is 0 Å². The highest BCUT2D eigenvalue weighted by molar-refractivity contribution is 5.78. The summed E-state index contributed by atoms with van der Waals surface area (Å²) in [5.74, 6) is 0.714. The Morgan fingerprint density at radius 3 is 2.75 bits per heavy atom. The first-order valence-electron chi connectivity index (χ1n) is 6.40. The van der Waals surface area contributed by atoms with Gasteiger partial charge in [-0.15, -0.1) is 0 Å². The van der Waals surface area contributed by atoms with Gasteiger partial charge in [-0.25, -0.2) is 0 Å². The van der Waals surface area contributed by atoms with Gasteiger partial charge in [0.1, 0.15) is 0 Å². The van der Waals surface area contributed by atoms with Crippen LogP contribution in [0.2, 0.25) is 0 Å². The topological polar surface area (TPSA) is 55.6 Å². The van der Waals surface area contributed by atoms with E-state index in [-0.39, 0.29) is 18.6 Å². The van der Waals surface area contributed by atoms with Gasteiger partial charge in [0.15, 0.2) is 0 Å².